The Hall–Kier alpha value is -1.69. The Bertz CT molecular complexity index is 505. The topological polar surface area (TPSA) is 66.7 Å². The predicted molar refractivity (Wildman–Crippen MR) is 67.6 cm³/mol. The molecule has 0 aromatic carbocycles. The van der Waals surface area contributed by atoms with E-state index in [9.17, 15) is 9.59 Å². The van der Waals surface area contributed by atoms with Crippen LogP contribution in [-0.2, 0) is 9.59 Å². The van der Waals surface area contributed by atoms with Crippen molar-refractivity contribution in [1.82, 2.24) is 10.1 Å². The largest absolute Gasteiger partial charge is 0.360 e. The fourth-order valence-corrected chi connectivity index (χ4v) is 2.83. The summed E-state index contributed by atoms with van der Waals surface area (Å²) in [5.74, 6) is 0.554. The number of likely N-dealkylation sites (tertiary alicyclic amines) is 1. The number of amides is 2. The van der Waals surface area contributed by atoms with Crippen LogP contribution in [0.1, 0.15) is 31.4 Å². The van der Waals surface area contributed by atoms with Crippen molar-refractivity contribution in [2.75, 3.05) is 18.0 Å². The molecule has 19 heavy (non-hydrogen) atoms. The summed E-state index contributed by atoms with van der Waals surface area (Å²) in [6.45, 7) is 3.54. The van der Waals surface area contributed by atoms with Gasteiger partial charge in [-0.25, -0.2) is 4.90 Å². The summed E-state index contributed by atoms with van der Waals surface area (Å²) in [6.07, 6.45) is 3.66. The molecule has 6 nitrogen and oxygen atoms in total. The highest BCUT2D eigenvalue weighted by atomic mass is 16.5. The van der Waals surface area contributed by atoms with E-state index in [2.05, 4.69) is 10.1 Å². The van der Waals surface area contributed by atoms with E-state index in [4.69, 9.17) is 4.52 Å². The average molecular weight is 263 g/mol. The van der Waals surface area contributed by atoms with E-state index in [-0.39, 0.29) is 24.3 Å². The second-order valence-corrected chi connectivity index (χ2v) is 5.18. The number of hydrogen-bond donors (Lipinski definition) is 0. The smallest absolute Gasteiger partial charge is 0.252 e. The van der Waals surface area contributed by atoms with Crippen LogP contribution < -0.4 is 4.90 Å². The van der Waals surface area contributed by atoms with Crippen molar-refractivity contribution >= 4 is 17.6 Å². The van der Waals surface area contributed by atoms with Crippen LogP contribution in [0.5, 0.6) is 0 Å². The molecule has 102 valence electrons. The van der Waals surface area contributed by atoms with E-state index in [1.54, 1.807) is 13.0 Å². The SMILES string of the molecule is Cc1cc(N2C(=O)CC(N3CCCCC3)C2=O)no1. The molecule has 3 rings (SSSR count). The van der Waals surface area contributed by atoms with E-state index in [0.29, 0.717) is 11.6 Å². The maximum absolute atomic E-state index is 12.4. The molecule has 6 heteroatoms. The van der Waals surface area contributed by atoms with Crippen LogP contribution >= 0.6 is 0 Å². The average Bonchev–Trinajstić information content (AvgIpc) is 2.95. The number of aryl methyl sites for hydroxylation is 1. The van der Waals surface area contributed by atoms with Crippen molar-refractivity contribution in [3.63, 3.8) is 0 Å². The molecule has 0 N–H and O–H groups in total. The summed E-state index contributed by atoms with van der Waals surface area (Å²) in [7, 11) is 0. The first-order valence-corrected chi connectivity index (χ1v) is 6.71. The third-order valence-corrected chi connectivity index (χ3v) is 3.80. The maximum Gasteiger partial charge on any atom is 0.252 e. The molecule has 0 aliphatic carbocycles. The Balaban J connectivity index is 1.80. The number of anilines is 1. The molecule has 1 aromatic heterocycles. The molecule has 2 amide bonds. The van der Waals surface area contributed by atoms with Gasteiger partial charge in [-0.05, 0) is 32.9 Å². The van der Waals surface area contributed by atoms with Gasteiger partial charge < -0.3 is 4.52 Å². The van der Waals surface area contributed by atoms with Crippen LogP contribution in [0.25, 0.3) is 0 Å². The number of piperidine rings is 1. The van der Waals surface area contributed by atoms with Crippen molar-refractivity contribution in [1.29, 1.82) is 0 Å². The van der Waals surface area contributed by atoms with E-state index >= 15 is 0 Å². The van der Waals surface area contributed by atoms with E-state index in [0.717, 1.165) is 30.8 Å². The lowest BCUT2D eigenvalue weighted by Crippen LogP contribution is -2.44. The highest BCUT2D eigenvalue weighted by molar-refractivity contribution is 6.21. The van der Waals surface area contributed by atoms with Crippen molar-refractivity contribution in [3.8, 4) is 0 Å². The van der Waals surface area contributed by atoms with Gasteiger partial charge in [0.1, 0.15) is 5.76 Å². The summed E-state index contributed by atoms with van der Waals surface area (Å²) in [6, 6.07) is 1.30. The highest BCUT2D eigenvalue weighted by Crippen LogP contribution is 2.26. The number of carbonyl (C=O) groups excluding carboxylic acids is 2. The number of hydrogen-bond acceptors (Lipinski definition) is 5. The van der Waals surface area contributed by atoms with Gasteiger partial charge in [-0.1, -0.05) is 11.6 Å². The third kappa shape index (κ3) is 2.16. The minimum Gasteiger partial charge on any atom is -0.360 e. The van der Waals surface area contributed by atoms with Gasteiger partial charge in [0, 0.05) is 6.07 Å². The Morgan fingerprint density at radius 3 is 2.63 bits per heavy atom. The zero-order valence-electron chi connectivity index (χ0n) is 11.0. The number of carbonyl (C=O) groups is 2. The van der Waals surface area contributed by atoms with E-state index in [1.807, 2.05) is 0 Å². The zero-order chi connectivity index (χ0) is 13.4. The van der Waals surface area contributed by atoms with Crippen LogP contribution in [-0.4, -0.2) is 41.0 Å². The molecular formula is C13H17N3O3. The summed E-state index contributed by atoms with van der Waals surface area (Å²) in [5, 5.41) is 3.77. The summed E-state index contributed by atoms with van der Waals surface area (Å²) >= 11 is 0. The van der Waals surface area contributed by atoms with Gasteiger partial charge >= 0.3 is 0 Å². The molecule has 1 aromatic rings. The molecule has 2 aliphatic rings. The molecule has 0 spiro atoms. The second kappa shape index (κ2) is 4.77. The first kappa shape index (κ1) is 12.3. The number of rotatable bonds is 2. The van der Waals surface area contributed by atoms with Crippen LogP contribution in [0, 0.1) is 6.92 Å². The van der Waals surface area contributed by atoms with Crippen LogP contribution in [0.3, 0.4) is 0 Å². The van der Waals surface area contributed by atoms with Gasteiger partial charge in [-0.15, -0.1) is 0 Å². The van der Waals surface area contributed by atoms with Crippen molar-refractivity contribution in [2.24, 2.45) is 0 Å². The number of aromatic nitrogens is 1. The molecule has 0 saturated carbocycles. The molecule has 1 atom stereocenters. The molecule has 3 heterocycles. The van der Waals surface area contributed by atoms with Crippen LogP contribution in [0.15, 0.2) is 10.6 Å². The third-order valence-electron chi connectivity index (χ3n) is 3.80. The molecule has 2 saturated heterocycles. The number of nitrogens with zero attached hydrogens (tertiary/aromatic N) is 3. The fourth-order valence-electron chi connectivity index (χ4n) is 2.83. The Labute approximate surface area is 111 Å². The van der Waals surface area contributed by atoms with Crippen molar-refractivity contribution < 1.29 is 14.1 Å². The quantitative estimate of drug-likeness (QED) is 0.747. The van der Waals surface area contributed by atoms with Gasteiger partial charge in [-0.2, -0.15) is 0 Å². The minimum atomic E-state index is -0.315. The molecule has 0 radical (unpaired) electrons. The van der Waals surface area contributed by atoms with Gasteiger partial charge in [0.2, 0.25) is 5.91 Å². The molecule has 1 unspecified atom stereocenters. The predicted octanol–water partition coefficient (Wildman–Crippen LogP) is 1.10. The van der Waals surface area contributed by atoms with E-state index in [1.165, 1.54) is 6.42 Å². The zero-order valence-corrected chi connectivity index (χ0v) is 11.0. The first-order valence-electron chi connectivity index (χ1n) is 6.71. The number of imide groups is 1. The van der Waals surface area contributed by atoms with Crippen molar-refractivity contribution in [3.05, 3.63) is 11.8 Å². The molecule has 2 aliphatic heterocycles. The van der Waals surface area contributed by atoms with Crippen LogP contribution in [0.4, 0.5) is 5.82 Å². The molecular weight excluding hydrogens is 246 g/mol. The molecule has 2 fully saturated rings. The molecule has 0 bridgehead atoms. The minimum absolute atomic E-state index is 0.166. The van der Waals surface area contributed by atoms with Crippen LogP contribution in [0.2, 0.25) is 0 Å². The second-order valence-electron chi connectivity index (χ2n) is 5.18. The fraction of sp³-hybridized carbons (Fsp3) is 0.615. The van der Waals surface area contributed by atoms with Gasteiger partial charge in [0.15, 0.2) is 5.82 Å². The van der Waals surface area contributed by atoms with Crippen molar-refractivity contribution in [2.45, 2.75) is 38.6 Å². The highest BCUT2D eigenvalue weighted by Gasteiger charge is 2.43. The standard InChI is InChI=1S/C13H17N3O3/c1-9-7-11(14-19-9)16-12(17)8-10(13(16)18)15-5-3-2-4-6-15/h7,10H,2-6,8H2,1H3. The summed E-state index contributed by atoms with van der Waals surface area (Å²) in [5.41, 5.74) is 0. The Kier molecular flexibility index (Phi) is 3.10. The summed E-state index contributed by atoms with van der Waals surface area (Å²) < 4.78 is 4.94. The lowest BCUT2D eigenvalue weighted by Gasteiger charge is -2.30. The van der Waals surface area contributed by atoms with E-state index < -0.39 is 0 Å². The Morgan fingerprint density at radius 1 is 1.26 bits per heavy atom. The normalized spacial score (nSPS) is 25.3. The lowest BCUT2D eigenvalue weighted by atomic mass is 10.1. The lowest BCUT2D eigenvalue weighted by molar-refractivity contribution is -0.123. The Morgan fingerprint density at radius 2 is 2.00 bits per heavy atom. The van der Waals surface area contributed by atoms with Gasteiger partial charge in [0.25, 0.3) is 5.91 Å². The first-order chi connectivity index (χ1) is 9.16. The van der Waals surface area contributed by atoms with Gasteiger partial charge in [-0.3, -0.25) is 14.5 Å². The monoisotopic (exact) mass is 263 g/mol. The maximum atomic E-state index is 12.4. The summed E-state index contributed by atoms with van der Waals surface area (Å²) in [4.78, 5) is 27.7. The van der Waals surface area contributed by atoms with Gasteiger partial charge in [0.05, 0.1) is 12.5 Å².